The highest BCUT2D eigenvalue weighted by Crippen LogP contribution is 2.25. The Morgan fingerprint density at radius 1 is 1.03 bits per heavy atom. The first kappa shape index (κ1) is 23.4. The van der Waals surface area contributed by atoms with Crippen LogP contribution in [0.3, 0.4) is 0 Å². The van der Waals surface area contributed by atoms with Gasteiger partial charge in [0.1, 0.15) is 0 Å². The number of benzene rings is 2. The van der Waals surface area contributed by atoms with Gasteiger partial charge in [-0.25, -0.2) is 8.42 Å². The Kier molecular flexibility index (Phi) is 7.85. The van der Waals surface area contributed by atoms with Crippen LogP contribution in [0.1, 0.15) is 41.6 Å². The summed E-state index contributed by atoms with van der Waals surface area (Å²) in [4.78, 5) is 24.7. The second-order valence-electron chi connectivity index (χ2n) is 7.50. The largest absolute Gasteiger partial charge is 0.352 e. The molecule has 2 amide bonds. The van der Waals surface area contributed by atoms with Gasteiger partial charge in [0.2, 0.25) is 15.9 Å². The smallest absolute Gasteiger partial charge is 0.251 e. The van der Waals surface area contributed by atoms with Gasteiger partial charge in [-0.15, -0.1) is 0 Å². The van der Waals surface area contributed by atoms with Crippen LogP contribution in [-0.2, 0) is 14.8 Å². The number of piperidine rings is 1. The minimum absolute atomic E-state index is 0.0742. The zero-order valence-electron chi connectivity index (χ0n) is 17.4. The summed E-state index contributed by atoms with van der Waals surface area (Å²) in [6.45, 7) is 3.03. The Balaban J connectivity index is 1.58. The van der Waals surface area contributed by atoms with Gasteiger partial charge in [0.05, 0.1) is 4.90 Å². The molecule has 0 saturated carbocycles. The minimum atomic E-state index is -3.58. The van der Waals surface area contributed by atoms with Crippen LogP contribution >= 0.6 is 15.9 Å². The molecule has 0 atom stereocenters. The fourth-order valence-corrected chi connectivity index (χ4v) is 5.16. The van der Waals surface area contributed by atoms with E-state index in [1.54, 1.807) is 36.4 Å². The molecule has 0 unspecified atom stereocenters. The summed E-state index contributed by atoms with van der Waals surface area (Å²) in [6, 6.07) is 11.7. The molecular formula is C22H26BrN3O4S. The van der Waals surface area contributed by atoms with Crippen LogP contribution in [0.2, 0.25) is 0 Å². The molecular weight excluding hydrogens is 482 g/mol. The highest BCUT2D eigenvalue weighted by molar-refractivity contribution is 9.10. The molecule has 1 heterocycles. The molecule has 1 saturated heterocycles. The summed E-state index contributed by atoms with van der Waals surface area (Å²) >= 11 is 3.32. The normalized spacial score (nSPS) is 14.8. The summed E-state index contributed by atoms with van der Waals surface area (Å²) in [5.74, 6) is -0.558. The van der Waals surface area contributed by atoms with E-state index >= 15 is 0 Å². The number of carbonyl (C=O) groups is 2. The van der Waals surface area contributed by atoms with Crippen molar-refractivity contribution >= 4 is 43.5 Å². The van der Waals surface area contributed by atoms with Gasteiger partial charge in [0.25, 0.3) is 5.91 Å². The summed E-state index contributed by atoms with van der Waals surface area (Å²) < 4.78 is 28.2. The van der Waals surface area contributed by atoms with Crippen molar-refractivity contribution in [3.8, 4) is 0 Å². The number of hydrogen-bond acceptors (Lipinski definition) is 4. The predicted octanol–water partition coefficient (Wildman–Crippen LogP) is 3.69. The molecule has 1 aliphatic rings. The molecule has 0 radical (unpaired) electrons. The van der Waals surface area contributed by atoms with E-state index < -0.39 is 10.0 Å². The van der Waals surface area contributed by atoms with Crippen molar-refractivity contribution in [3.05, 3.63) is 58.1 Å². The van der Waals surface area contributed by atoms with E-state index in [2.05, 4.69) is 26.6 Å². The molecule has 2 aromatic carbocycles. The molecule has 0 bridgehead atoms. The quantitative estimate of drug-likeness (QED) is 0.597. The number of halogens is 1. The first-order chi connectivity index (χ1) is 14.8. The Hall–Kier alpha value is -2.23. The van der Waals surface area contributed by atoms with Crippen molar-refractivity contribution in [2.45, 2.75) is 37.5 Å². The van der Waals surface area contributed by atoms with Crippen LogP contribution in [0, 0.1) is 6.92 Å². The van der Waals surface area contributed by atoms with Crippen LogP contribution in [0.15, 0.2) is 51.8 Å². The van der Waals surface area contributed by atoms with Crippen molar-refractivity contribution in [2.75, 3.05) is 25.0 Å². The van der Waals surface area contributed by atoms with Gasteiger partial charge in [0.15, 0.2) is 0 Å². The van der Waals surface area contributed by atoms with Crippen molar-refractivity contribution in [1.29, 1.82) is 0 Å². The third-order valence-corrected chi connectivity index (χ3v) is 7.60. The molecule has 9 heteroatoms. The lowest BCUT2D eigenvalue weighted by molar-refractivity contribution is -0.116. The van der Waals surface area contributed by atoms with Gasteiger partial charge < -0.3 is 10.6 Å². The minimum Gasteiger partial charge on any atom is -0.352 e. The molecule has 0 aromatic heterocycles. The summed E-state index contributed by atoms with van der Waals surface area (Å²) in [6.07, 6.45) is 2.84. The number of aryl methyl sites for hydroxylation is 1. The maximum absolute atomic E-state index is 12.9. The molecule has 2 N–H and O–H groups in total. The maximum Gasteiger partial charge on any atom is 0.251 e. The lowest BCUT2D eigenvalue weighted by Gasteiger charge is -2.26. The number of nitrogens with one attached hydrogen (secondary N) is 2. The topological polar surface area (TPSA) is 95.6 Å². The second-order valence-corrected chi connectivity index (χ2v) is 10.4. The average molecular weight is 508 g/mol. The Morgan fingerprint density at radius 3 is 2.39 bits per heavy atom. The zero-order valence-corrected chi connectivity index (χ0v) is 19.8. The highest BCUT2D eigenvalue weighted by atomic mass is 79.9. The van der Waals surface area contributed by atoms with Crippen molar-refractivity contribution in [2.24, 2.45) is 0 Å². The van der Waals surface area contributed by atoms with Crippen LogP contribution in [0.25, 0.3) is 0 Å². The molecule has 1 fully saturated rings. The monoisotopic (exact) mass is 507 g/mol. The number of carbonyl (C=O) groups excluding carboxylic acids is 2. The molecule has 2 aromatic rings. The average Bonchev–Trinajstić information content (AvgIpc) is 2.76. The third-order valence-electron chi connectivity index (χ3n) is 5.18. The summed E-state index contributed by atoms with van der Waals surface area (Å²) in [7, 11) is -3.58. The van der Waals surface area contributed by atoms with Crippen molar-refractivity contribution in [3.63, 3.8) is 0 Å². The van der Waals surface area contributed by atoms with Crippen molar-refractivity contribution in [1.82, 2.24) is 9.62 Å². The van der Waals surface area contributed by atoms with Crippen LogP contribution in [0.5, 0.6) is 0 Å². The standard InChI is InChI=1S/C22H26BrN3O4S/c1-16-5-10-19(31(29,30)26-13-3-2-4-14-26)15-20(16)25-21(27)11-12-24-22(28)17-6-8-18(23)9-7-17/h5-10,15H,2-4,11-14H2,1H3,(H,24,28)(H,25,27). The molecule has 0 aliphatic carbocycles. The molecule has 0 spiro atoms. The Morgan fingerprint density at radius 2 is 1.71 bits per heavy atom. The zero-order chi connectivity index (χ0) is 22.4. The molecule has 7 nitrogen and oxygen atoms in total. The van der Waals surface area contributed by atoms with E-state index in [0.717, 1.165) is 29.3 Å². The Labute approximate surface area is 191 Å². The van der Waals surface area contributed by atoms with Gasteiger partial charge in [-0.3, -0.25) is 9.59 Å². The maximum atomic E-state index is 12.9. The van der Waals surface area contributed by atoms with Gasteiger partial charge in [-0.05, 0) is 61.7 Å². The highest BCUT2D eigenvalue weighted by Gasteiger charge is 2.26. The lowest BCUT2D eigenvalue weighted by Crippen LogP contribution is -2.35. The van der Waals surface area contributed by atoms with Crippen LogP contribution in [-0.4, -0.2) is 44.2 Å². The molecule has 166 valence electrons. The van der Waals surface area contributed by atoms with E-state index in [4.69, 9.17) is 0 Å². The van der Waals surface area contributed by atoms with E-state index in [1.165, 1.54) is 10.4 Å². The fraction of sp³-hybridized carbons (Fsp3) is 0.364. The SMILES string of the molecule is Cc1ccc(S(=O)(=O)N2CCCCC2)cc1NC(=O)CCNC(=O)c1ccc(Br)cc1. The van der Waals surface area contributed by atoms with E-state index in [1.807, 2.05) is 6.92 Å². The lowest BCUT2D eigenvalue weighted by atomic mass is 10.2. The molecule has 31 heavy (non-hydrogen) atoms. The third kappa shape index (κ3) is 6.15. The van der Waals surface area contributed by atoms with E-state index in [0.29, 0.717) is 24.3 Å². The van der Waals surface area contributed by atoms with Crippen molar-refractivity contribution < 1.29 is 18.0 Å². The van der Waals surface area contributed by atoms with E-state index in [-0.39, 0.29) is 29.7 Å². The fourth-order valence-electron chi connectivity index (χ4n) is 3.36. The Bertz CT molecular complexity index is 1050. The number of hydrogen-bond donors (Lipinski definition) is 2. The number of amides is 2. The van der Waals surface area contributed by atoms with Gasteiger partial charge in [-0.1, -0.05) is 28.4 Å². The van der Waals surface area contributed by atoms with Crippen LogP contribution in [0.4, 0.5) is 5.69 Å². The first-order valence-corrected chi connectivity index (χ1v) is 12.4. The molecule has 1 aliphatic heterocycles. The number of sulfonamides is 1. The summed E-state index contributed by atoms with van der Waals surface area (Å²) in [5.41, 5.74) is 1.74. The number of nitrogens with zero attached hydrogens (tertiary/aromatic N) is 1. The second kappa shape index (κ2) is 10.4. The van der Waals surface area contributed by atoms with Gasteiger partial charge in [-0.2, -0.15) is 4.31 Å². The van der Waals surface area contributed by atoms with E-state index in [9.17, 15) is 18.0 Å². The molecule has 3 rings (SSSR count). The summed E-state index contributed by atoms with van der Waals surface area (Å²) in [5, 5.41) is 5.48. The number of rotatable bonds is 7. The predicted molar refractivity (Wildman–Crippen MR) is 124 cm³/mol. The first-order valence-electron chi connectivity index (χ1n) is 10.2. The number of anilines is 1. The van der Waals surface area contributed by atoms with Gasteiger partial charge in [0, 0.05) is 41.8 Å². The van der Waals surface area contributed by atoms with Gasteiger partial charge >= 0.3 is 0 Å². The van der Waals surface area contributed by atoms with Crippen LogP contribution < -0.4 is 10.6 Å².